The Bertz CT molecular complexity index is 1020. The van der Waals surface area contributed by atoms with Crippen LogP contribution >= 0.6 is 0 Å². The Balaban J connectivity index is 1.72. The first-order valence-electron chi connectivity index (χ1n) is 10.3. The van der Waals surface area contributed by atoms with Crippen molar-refractivity contribution in [2.45, 2.75) is 25.4 Å². The molecule has 1 amide bonds. The van der Waals surface area contributed by atoms with Crippen LogP contribution in [0.25, 0.3) is 11.1 Å². The van der Waals surface area contributed by atoms with Crippen molar-refractivity contribution in [3.63, 3.8) is 0 Å². The average molecular weight is 402 g/mol. The molecule has 1 aromatic heterocycles. The van der Waals surface area contributed by atoms with Crippen LogP contribution in [0.5, 0.6) is 0 Å². The number of nitrogens with zero attached hydrogens (tertiary/aromatic N) is 4. The third-order valence-electron chi connectivity index (χ3n) is 5.59. The fourth-order valence-electron chi connectivity index (χ4n) is 4.03. The van der Waals surface area contributed by atoms with Crippen LogP contribution in [0.2, 0.25) is 0 Å². The van der Waals surface area contributed by atoms with Crippen LogP contribution in [-0.4, -0.2) is 41.4 Å². The molecule has 6 heteroatoms. The summed E-state index contributed by atoms with van der Waals surface area (Å²) in [6.07, 6.45) is 4.10. The molecule has 0 bridgehead atoms. The Hall–Kier alpha value is -3.25. The van der Waals surface area contributed by atoms with E-state index in [-0.39, 0.29) is 6.04 Å². The normalized spacial score (nSPS) is 16.5. The SMILES string of the molecule is CN(C)c1ncc(-c2ccc(C(N)=O)cc2)c([C@@H]2CCCN2Cc2ccccc2)n1. The van der Waals surface area contributed by atoms with Crippen molar-refractivity contribution in [3.05, 3.63) is 77.6 Å². The lowest BCUT2D eigenvalue weighted by Crippen LogP contribution is -2.25. The number of carbonyl (C=O) groups is 1. The molecule has 3 aromatic rings. The lowest BCUT2D eigenvalue weighted by Gasteiger charge is -2.26. The van der Waals surface area contributed by atoms with Crippen LogP contribution in [0, 0.1) is 0 Å². The molecular weight excluding hydrogens is 374 g/mol. The predicted molar refractivity (Wildman–Crippen MR) is 119 cm³/mol. The minimum absolute atomic E-state index is 0.220. The van der Waals surface area contributed by atoms with E-state index in [1.54, 1.807) is 12.1 Å². The van der Waals surface area contributed by atoms with Gasteiger partial charge in [-0.15, -0.1) is 0 Å². The second-order valence-corrected chi connectivity index (χ2v) is 7.92. The summed E-state index contributed by atoms with van der Waals surface area (Å²) in [5.74, 6) is 0.278. The Morgan fingerprint density at radius 2 is 1.87 bits per heavy atom. The van der Waals surface area contributed by atoms with E-state index in [0.29, 0.717) is 11.5 Å². The number of nitrogens with two attached hydrogens (primary N) is 1. The van der Waals surface area contributed by atoms with Gasteiger partial charge in [-0.2, -0.15) is 0 Å². The second kappa shape index (κ2) is 8.63. The molecule has 0 spiro atoms. The van der Waals surface area contributed by atoms with Crippen molar-refractivity contribution in [2.75, 3.05) is 25.5 Å². The minimum atomic E-state index is -0.425. The molecule has 1 saturated heterocycles. The number of likely N-dealkylation sites (tertiary alicyclic amines) is 1. The third-order valence-corrected chi connectivity index (χ3v) is 5.59. The largest absolute Gasteiger partial charge is 0.366 e. The quantitative estimate of drug-likeness (QED) is 0.682. The number of anilines is 1. The van der Waals surface area contributed by atoms with Gasteiger partial charge in [0.15, 0.2) is 0 Å². The zero-order valence-electron chi connectivity index (χ0n) is 17.5. The van der Waals surface area contributed by atoms with Crippen molar-refractivity contribution >= 4 is 11.9 Å². The fraction of sp³-hybridized carbons (Fsp3) is 0.292. The molecule has 0 aliphatic carbocycles. The van der Waals surface area contributed by atoms with Crippen molar-refractivity contribution in [3.8, 4) is 11.1 Å². The number of amides is 1. The van der Waals surface area contributed by atoms with E-state index >= 15 is 0 Å². The van der Waals surface area contributed by atoms with Gasteiger partial charge in [0.2, 0.25) is 11.9 Å². The molecule has 4 rings (SSSR count). The summed E-state index contributed by atoms with van der Waals surface area (Å²) in [5, 5.41) is 0. The van der Waals surface area contributed by atoms with E-state index in [0.717, 1.165) is 42.8 Å². The van der Waals surface area contributed by atoms with Gasteiger partial charge in [-0.3, -0.25) is 9.69 Å². The Morgan fingerprint density at radius 3 is 2.53 bits per heavy atom. The smallest absolute Gasteiger partial charge is 0.248 e. The summed E-state index contributed by atoms with van der Waals surface area (Å²) >= 11 is 0. The molecule has 1 atom stereocenters. The molecule has 6 nitrogen and oxygen atoms in total. The van der Waals surface area contributed by atoms with E-state index in [4.69, 9.17) is 10.7 Å². The third kappa shape index (κ3) is 4.19. The molecule has 2 N–H and O–H groups in total. The number of hydrogen-bond donors (Lipinski definition) is 1. The summed E-state index contributed by atoms with van der Waals surface area (Å²) in [6, 6.07) is 18.2. The molecule has 0 saturated carbocycles. The summed E-state index contributed by atoms with van der Waals surface area (Å²) in [6.45, 7) is 1.94. The van der Waals surface area contributed by atoms with E-state index < -0.39 is 5.91 Å². The van der Waals surface area contributed by atoms with Crippen LogP contribution in [0.15, 0.2) is 60.8 Å². The lowest BCUT2D eigenvalue weighted by molar-refractivity contribution is 0.100. The highest BCUT2D eigenvalue weighted by atomic mass is 16.1. The maximum absolute atomic E-state index is 11.4. The maximum Gasteiger partial charge on any atom is 0.248 e. The Labute approximate surface area is 177 Å². The van der Waals surface area contributed by atoms with E-state index in [1.807, 2.05) is 43.4 Å². The topological polar surface area (TPSA) is 75.4 Å². The standard InChI is InChI=1S/C24H27N5O/c1-28(2)24-26-15-20(18-10-12-19(13-11-18)23(25)30)22(27-24)21-9-6-14-29(21)16-17-7-4-3-5-8-17/h3-5,7-8,10-13,15,21H,6,9,14,16H2,1-2H3,(H2,25,30)/t21-/m0/s1. The molecular formula is C24H27N5O. The average Bonchev–Trinajstić information content (AvgIpc) is 3.22. The first-order valence-corrected chi connectivity index (χ1v) is 10.3. The van der Waals surface area contributed by atoms with E-state index in [9.17, 15) is 4.79 Å². The molecule has 1 aliphatic heterocycles. The first kappa shape index (κ1) is 20.0. The number of hydrogen-bond acceptors (Lipinski definition) is 5. The van der Waals surface area contributed by atoms with E-state index in [1.165, 1.54) is 5.56 Å². The molecule has 2 aromatic carbocycles. The highest BCUT2D eigenvalue weighted by Gasteiger charge is 2.30. The van der Waals surface area contributed by atoms with Crippen molar-refractivity contribution < 1.29 is 4.79 Å². The lowest BCUT2D eigenvalue weighted by atomic mass is 9.98. The summed E-state index contributed by atoms with van der Waals surface area (Å²) in [4.78, 5) is 25.4. The molecule has 154 valence electrons. The number of rotatable bonds is 6. The van der Waals surface area contributed by atoms with Crippen molar-refractivity contribution in [1.82, 2.24) is 14.9 Å². The highest BCUT2D eigenvalue weighted by Crippen LogP contribution is 2.38. The Kier molecular flexibility index (Phi) is 5.77. The summed E-state index contributed by atoms with van der Waals surface area (Å²) in [7, 11) is 3.91. The molecule has 1 fully saturated rings. The molecule has 0 radical (unpaired) electrons. The maximum atomic E-state index is 11.4. The second-order valence-electron chi connectivity index (χ2n) is 7.92. The molecule has 30 heavy (non-hydrogen) atoms. The van der Waals surface area contributed by atoms with Gasteiger partial charge in [0, 0.05) is 38.0 Å². The van der Waals surface area contributed by atoms with Gasteiger partial charge in [-0.05, 0) is 42.6 Å². The number of aromatic nitrogens is 2. The van der Waals surface area contributed by atoms with Gasteiger partial charge < -0.3 is 10.6 Å². The van der Waals surface area contributed by atoms with Gasteiger partial charge in [0.1, 0.15) is 0 Å². The zero-order valence-corrected chi connectivity index (χ0v) is 17.5. The number of benzene rings is 2. The van der Waals surface area contributed by atoms with Crippen molar-refractivity contribution in [1.29, 1.82) is 0 Å². The fourth-order valence-corrected chi connectivity index (χ4v) is 4.03. The van der Waals surface area contributed by atoms with Gasteiger partial charge in [-0.1, -0.05) is 42.5 Å². The van der Waals surface area contributed by atoms with Gasteiger partial charge in [-0.25, -0.2) is 9.97 Å². The first-order chi connectivity index (χ1) is 14.5. The van der Waals surface area contributed by atoms with Crippen LogP contribution in [-0.2, 0) is 6.54 Å². The zero-order chi connectivity index (χ0) is 21.1. The molecule has 1 aliphatic rings. The molecule has 0 unspecified atom stereocenters. The van der Waals surface area contributed by atoms with Crippen LogP contribution in [0.4, 0.5) is 5.95 Å². The predicted octanol–water partition coefficient (Wildman–Crippen LogP) is 3.65. The Morgan fingerprint density at radius 1 is 1.13 bits per heavy atom. The summed E-state index contributed by atoms with van der Waals surface area (Å²) in [5.41, 5.74) is 10.2. The van der Waals surface area contributed by atoms with Gasteiger partial charge >= 0.3 is 0 Å². The number of primary amides is 1. The highest BCUT2D eigenvalue weighted by molar-refractivity contribution is 5.93. The van der Waals surface area contributed by atoms with Crippen molar-refractivity contribution in [2.24, 2.45) is 5.73 Å². The molecule has 2 heterocycles. The van der Waals surface area contributed by atoms with Gasteiger partial charge in [0.05, 0.1) is 11.7 Å². The monoisotopic (exact) mass is 401 g/mol. The van der Waals surface area contributed by atoms with Crippen LogP contribution in [0.3, 0.4) is 0 Å². The van der Waals surface area contributed by atoms with Gasteiger partial charge in [0.25, 0.3) is 0 Å². The summed E-state index contributed by atoms with van der Waals surface area (Å²) < 4.78 is 0. The number of carbonyl (C=O) groups excluding carboxylic acids is 1. The van der Waals surface area contributed by atoms with Crippen LogP contribution < -0.4 is 10.6 Å². The van der Waals surface area contributed by atoms with Crippen LogP contribution in [0.1, 0.15) is 40.5 Å². The minimum Gasteiger partial charge on any atom is -0.366 e. The van der Waals surface area contributed by atoms with E-state index in [2.05, 4.69) is 34.1 Å².